The van der Waals surface area contributed by atoms with Crippen molar-refractivity contribution in [2.24, 2.45) is 10.9 Å². The minimum absolute atomic E-state index is 0.0526. The van der Waals surface area contributed by atoms with Crippen LogP contribution in [0.25, 0.3) is 0 Å². The van der Waals surface area contributed by atoms with Crippen molar-refractivity contribution in [3.8, 4) is 0 Å². The van der Waals surface area contributed by atoms with Crippen LogP contribution in [0.15, 0.2) is 47.8 Å². The molecule has 0 spiro atoms. The number of hydrogen-bond acceptors (Lipinski definition) is 4. The lowest BCUT2D eigenvalue weighted by Gasteiger charge is -2.06. The van der Waals surface area contributed by atoms with E-state index in [9.17, 15) is 4.79 Å². The molecule has 1 aromatic carbocycles. The molecule has 102 valence electrons. The van der Waals surface area contributed by atoms with Gasteiger partial charge in [-0.15, -0.1) is 0 Å². The number of aromatic nitrogens is 1. The Morgan fingerprint density at radius 2 is 2.15 bits per heavy atom. The lowest BCUT2D eigenvalue weighted by molar-refractivity contribution is 0.102. The number of carbonyl (C=O) groups excluding carboxylic acids is 1. The van der Waals surface area contributed by atoms with Gasteiger partial charge in [0.2, 0.25) is 0 Å². The van der Waals surface area contributed by atoms with E-state index in [2.05, 4.69) is 15.5 Å². The van der Waals surface area contributed by atoms with Crippen molar-refractivity contribution in [1.82, 2.24) is 4.98 Å². The molecule has 4 N–H and O–H groups in total. The largest absolute Gasteiger partial charge is 0.409 e. The first-order valence-electron chi connectivity index (χ1n) is 5.92. The number of benzene rings is 1. The normalized spacial score (nSPS) is 11.2. The zero-order chi connectivity index (χ0) is 14.5. The van der Waals surface area contributed by atoms with Crippen molar-refractivity contribution in [1.29, 1.82) is 0 Å². The van der Waals surface area contributed by atoms with Crippen molar-refractivity contribution in [3.63, 3.8) is 0 Å². The molecule has 0 radical (unpaired) electrons. The van der Waals surface area contributed by atoms with E-state index in [4.69, 9.17) is 10.9 Å². The molecule has 1 heterocycles. The fourth-order valence-corrected chi connectivity index (χ4v) is 1.66. The van der Waals surface area contributed by atoms with E-state index >= 15 is 0 Å². The van der Waals surface area contributed by atoms with Crippen molar-refractivity contribution in [2.75, 3.05) is 5.32 Å². The first-order chi connectivity index (χ1) is 9.60. The van der Waals surface area contributed by atoms with Gasteiger partial charge < -0.3 is 16.3 Å². The minimum atomic E-state index is -0.318. The quantitative estimate of drug-likeness (QED) is 0.342. The molecule has 0 aliphatic rings. The van der Waals surface area contributed by atoms with Gasteiger partial charge in [-0.3, -0.25) is 9.78 Å². The molecule has 0 saturated heterocycles. The summed E-state index contributed by atoms with van der Waals surface area (Å²) in [6, 6.07) is 10.5. The van der Waals surface area contributed by atoms with Gasteiger partial charge in [0, 0.05) is 17.4 Å². The van der Waals surface area contributed by atoms with Crippen LogP contribution >= 0.6 is 0 Å². The first kappa shape index (κ1) is 13.5. The molecule has 0 atom stereocenters. The third-order valence-electron chi connectivity index (χ3n) is 2.68. The average Bonchev–Trinajstić information content (AvgIpc) is 2.46. The van der Waals surface area contributed by atoms with Gasteiger partial charge in [0.25, 0.3) is 5.91 Å². The van der Waals surface area contributed by atoms with E-state index in [1.54, 1.807) is 12.1 Å². The second-order valence-electron chi connectivity index (χ2n) is 4.24. The number of nitrogens with one attached hydrogen (secondary N) is 1. The lowest BCUT2D eigenvalue weighted by Crippen LogP contribution is -2.16. The molecule has 1 aromatic heterocycles. The Morgan fingerprint density at radius 3 is 2.75 bits per heavy atom. The summed E-state index contributed by atoms with van der Waals surface area (Å²) in [5.74, 6) is -0.371. The van der Waals surface area contributed by atoms with Gasteiger partial charge in [0.05, 0.1) is 0 Å². The fourth-order valence-electron chi connectivity index (χ4n) is 1.66. The summed E-state index contributed by atoms with van der Waals surface area (Å²) in [5.41, 5.74) is 7.87. The van der Waals surface area contributed by atoms with E-state index in [1.165, 1.54) is 12.3 Å². The van der Waals surface area contributed by atoms with Crippen LogP contribution in [0.1, 0.15) is 21.6 Å². The highest BCUT2D eigenvalue weighted by Gasteiger charge is 2.08. The maximum atomic E-state index is 12.0. The molecule has 0 aliphatic heterocycles. The number of oxime groups is 1. The Bertz CT molecular complexity index is 650. The summed E-state index contributed by atoms with van der Waals surface area (Å²) in [6.45, 7) is 1.94. The number of aryl methyl sites for hydroxylation is 1. The molecule has 0 unspecified atom stereocenters. The first-order valence-corrected chi connectivity index (χ1v) is 5.92. The molecule has 6 heteroatoms. The van der Waals surface area contributed by atoms with Crippen LogP contribution in [0.3, 0.4) is 0 Å². The average molecular weight is 270 g/mol. The number of pyridine rings is 1. The molecule has 2 rings (SSSR count). The Labute approximate surface area is 115 Å². The number of carbonyl (C=O) groups is 1. The predicted molar refractivity (Wildman–Crippen MR) is 75.9 cm³/mol. The fraction of sp³-hybridized carbons (Fsp3) is 0.0714. The van der Waals surface area contributed by atoms with E-state index < -0.39 is 0 Å². The van der Waals surface area contributed by atoms with Gasteiger partial charge in [-0.2, -0.15) is 0 Å². The summed E-state index contributed by atoms with van der Waals surface area (Å²) < 4.78 is 0. The minimum Gasteiger partial charge on any atom is -0.409 e. The number of hydrogen-bond donors (Lipinski definition) is 3. The number of anilines is 1. The van der Waals surface area contributed by atoms with E-state index in [0.717, 1.165) is 5.56 Å². The number of nitrogens with two attached hydrogens (primary N) is 1. The van der Waals surface area contributed by atoms with Crippen molar-refractivity contribution >= 4 is 17.4 Å². The van der Waals surface area contributed by atoms with Crippen LogP contribution in [0.4, 0.5) is 5.69 Å². The Hall–Kier alpha value is -2.89. The van der Waals surface area contributed by atoms with Crippen LogP contribution in [0, 0.1) is 6.92 Å². The second-order valence-corrected chi connectivity index (χ2v) is 4.24. The Balaban J connectivity index is 2.14. The summed E-state index contributed by atoms with van der Waals surface area (Å²) in [7, 11) is 0. The van der Waals surface area contributed by atoms with E-state index in [-0.39, 0.29) is 17.4 Å². The van der Waals surface area contributed by atoms with Gasteiger partial charge in [-0.25, -0.2) is 0 Å². The molecule has 6 nitrogen and oxygen atoms in total. The highest BCUT2D eigenvalue weighted by molar-refractivity contribution is 6.03. The van der Waals surface area contributed by atoms with E-state index in [0.29, 0.717) is 11.3 Å². The summed E-state index contributed by atoms with van der Waals surface area (Å²) in [5, 5.41) is 14.2. The Morgan fingerprint density at radius 1 is 1.35 bits per heavy atom. The molecule has 1 amide bonds. The summed E-state index contributed by atoms with van der Waals surface area (Å²) in [4.78, 5) is 16.0. The molecule has 0 saturated carbocycles. The monoisotopic (exact) mass is 270 g/mol. The van der Waals surface area contributed by atoms with Crippen LogP contribution in [0.2, 0.25) is 0 Å². The van der Waals surface area contributed by atoms with Gasteiger partial charge in [-0.05, 0) is 36.8 Å². The summed E-state index contributed by atoms with van der Waals surface area (Å²) in [6.07, 6.45) is 1.38. The number of amidine groups is 1. The highest BCUT2D eigenvalue weighted by Crippen LogP contribution is 2.11. The topological polar surface area (TPSA) is 101 Å². The van der Waals surface area contributed by atoms with E-state index in [1.807, 2.05) is 25.1 Å². The SMILES string of the molecule is Cc1cccc(NC(=O)c2ccc(C(N)=NO)cn2)c1. The predicted octanol–water partition coefficient (Wildman–Crippen LogP) is 1.74. The Kier molecular flexibility index (Phi) is 3.95. The molecular weight excluding hydrogens is 256 g/mol. The second kappa shape index (κ2) is 5.83. The smallest absolute Gasteiger partial charge is 0.274 e. The highest BCUT2D eigenvalue weighted by atomic mass is 16.4. The molecule has 0 bridgehead atoms. The van der Waals surface area contributed by atoms with Gasteiger partial charge in [-0.1, -0.05) is 17.3 Å². The molecule has 2 aromatic rings. The third kappa shape index (κ3) is 3.11. The third-order valence-corrected chi connectivity index (χ3v) is 2.68. The number of amides is 1. The van der Waals surface area contributed by atoms with Gasteiger partial charge in [0.1, 0.15) is 5.69 Å². The van der Waals surface area contributed by atoms with Gasteiger partial charge in [0.15, 0.2) is 5.84 Å². The molecule has 0 aliphatic carbocycles. The maximum Gasteiger partial charge on any atom is 0.274 e. The van der Waals surface area contributed by atoms with Crippen LogP contribution in [-0.2, 0) is 0 Å². The van der Waals surface area contributed by atoms with Crippen molar-refractivity contribution < 1.29 is 10.0 Å². The van der Waals surface area contributed by atoms with Crippen LogP contribution in [-0.4, -0.2) is 21.9 Å². The number of nitrogens with zero attached hydrogens (tertiary/aromatic N) is 2. The lowest BCUT2D eigenvalue weighted by atomic mass is 10.2. The zero-order valence-corrected chi connectivity index (χ0v) is 10.9. The molecule has 0 fully saturated rings. The van der Waals surface area contributed by atoms with Crippen molar-refractivity contribution in [3.05, 3.63) is 59.4 Å². The summed E-state index contributed by atoms with van der Waals surface area (Å²) >= 11 is 0. The molecule has 20 heavy (non-hydrogen) atoms. The maximum absolute atomic E-state index is 12.0. The van der Waals surface area contributed by atoms with Gasteiger partial charge >= 0.3 is 0 Å². The van der Waals surface area contributed by atoms with Crippen LogP contribution in [0.5, 0.6) is 0 Å². The number of rotatable bonds is 3. The zero-order valence-electron chi connectivity index (χ0n) is 10.9. The molecular formula is C14H14N4O2. The van der Waals surface area contributed by atoms with Crippen LogP contribution < -0.4 is 11.1 Å². The standard InChI is InChI=1S/C14H14N4O2/c1-9-3-2-4-11(7-9)17-14(19)12-6-5-10(8-16-12)13(15)18-20/h2-8,20H,1H3,(H2,15,18)(H,17,19). The van der Waals surface area contributed by atoms with Crippen molar-refractivity contribution in [2.45, 2.75) is 6.92 Å².